The van der Waals surface area contributed by atoms with Gasteiger partial charge in [-0.05, 0) is 37.3 Å². The third-order valence-electron chi connectivity index (χ3n) is 3.83. The first-order chi connectivity index (χ1) is 12.6. The van der Waals surface area contributed by atoms with Gasteiger partial charge in [-0.3, -0.25) is 4.79 Å². The molecule has 26 heavy (non-hydrogen) atoms. The van der Waals surface area contributed by atoms with E-state index in [9.17, 15) is 4.79 Å². The van der Waals surface area contributed by atoms with Crippen molar-refractivity contribution in [2.75, 3.05) is 5.32 Å². The van der Waals surface area contributed by atoms with Crippen LogP contribution in [0, 0.1) is 6.92 Å². The first-order valence-electron chi connectivity index (χ1n) is 7.84. The molecule has 0 fully saturated rings. The largest absolute Gasteiger partial charge is 0.304 e. The number of amides is 1. The lowest BCUT2D eigenvalue weighted by atomic mass is 10.1. The molecule has 3 heterocycles. The zero-order valence-corrected chi connectivity index (χ0v) is 15.3. The number of carbonyl (C=O) groups is 1. The molecule has 1 aromatic carbocycles. The summed E-state index contributed by atoms with van der Waals surface area (Å²) in [6, 6.07) is 14.9. The molecular formula is C18H13BrN6O. The van der Waals surface area contributed by atoms with E-state index in [1.54, 1.807) is 29.8 Å². The van der Waals surface area contributed by atoms with E-state index < -0.39 is 0 Å². The van der Waals surface area contributed by atoms with Gasteiger partial charge in [0, 0.05) is 16.2 Å². The molecular weight excluding hydrogens is 396 g/mol. The van der Waals surface area contributed by atoms with Crippen LogP contribution in [0.15, 0.2) is 59.2 Å². The Labute approximate surface area is 157 Å². The maximum absolute atomic E-state index is 12.7. The minimum absolute atomic E-state index is 0.340. The third-order valence-corrected chi connectivity index (χ3v) is 4.52. The molecule has 0 atom stereocenters. The van der Waals surface area contributed by atoms with Gasteiger partial charge >= 0.3 is 0 Å². The lowest BCUT2D eigenvalue weighted by Gasteiger charge is -2.07. The topological polar surface area (TPSA) is 85.1 Å². The second kappa shape index (κ2) is 6.64. The second-order valence-electron chi connectivity index (χ2n) is 5.58. The highest BCUT2D eigenvalue weighted by atomic mass is 79.9. The number of nitrogens with zero attached hydrogens (tertiary/aromatic N) is 5. The predicted octanol–water partition coefficient (Wildman–Crippen LogP) is 3.51. The van der Waals surface area contributed by atoms with E-state index in [4.69, 9.17) is 0 Å². The molecule has 1 amide bonds. The molecule has 0 aliphatic rings. The number of hydrogen-bond acceptors (Lipinski definition) is 5. The van der Waals surface area contributed by atoms with Crippen molar-refractivity contribution in [1.82, 2.24) is 24.8 Å². The van der Waals surface area contributed by atoms with Crippen molar-refractivity contribution in [3.63, 3.8) is 0 Å². The monoisotopic (exact) mass is 408 g/mol. The summed E-state index contributed by atoms with van der Waals surface area (Å²) in [7, 11) is 0. The first-order valence-corrected chi connectivity index (χ1v) is 8.63. The lowest BCUT2D eigenvalue weighted by molar-refractivity contribution is 0.101. The summed E-state index contributed by atoms with van der Waals surface area (Å²) < 4.78 is 2.48. The van der Waals surface area contributed by atoms with Crippen LogP contribution in [0.25, 0.3) is 16.9 Å². The number of aryl methyl sites for hydroxylation is 1. The highest BCUT2D eigenvalue weighted by molar-refractivity contribution is 9.10. The van der Waals surface area contributed by atoms with E-state index in [1.807, 2.05) is 36.4 Å². The second-order valence-corrected chi connectivity index (χ2v) is 6.43. The molecule has 8 heteroatoms. The van der Waals surface area contributed by atoms with Crippen LogP contribution in [-0.4, -0.2) is 30.7 Å². The SMILES string of the molecule is Cc1nc2ccc(-c3ccccc3Br)nn2c1C(=O)Nc1cccnn1. The normalized spacial score (nSPS) is 10.8. The highest BCUT2D eigenvalue weighted by Crippen LogP contribution is 2.27. The van der Waals surface area contributed by atoms with Gasteiger partial charge in [0.2, 0.25) is 0 Å². The maximum atomic E-state index is 12.7. The number of carbonyl (C=O) groups excluding carboxylic acids is 1. The molecule has 3 aromatic heterocycles. The number of nitrogens with one attached hydrogen (secondary N) is 1. The predicted molar refractivity (Wildman–Crippen MR) is 101 cm³/mol. The van der Waals surface area contributed by atoms with E-state index in [-0.39, 0.29) is 5.91 Å². The van der Waals surface area contributed by atoms with Crippen LogP contribution in [0.1, 0.15) is 16.2 Å². The molecule has 0 spiro atoms. The van der Waals surface area contributed by atoms with E-state index in [0.717, 1.165) is 15.7 Å². The summed E-state index contributed by atoms with van der Waals surface area (Å²) in [5, 5.41) is 15.0. The summed E-state index contributed by atoms with van der Waals surface area (Å²) >= 11 is 3.53. The zero-order chi connectivity index (χ0) is 18.1. The van der Waals surface area contributed by atoms with Crippen LogP contribution >= 0.6 is 15.9 Å². The number of aromatic nitrogens is 5. The average molecular weight is 409 g/mol. The van der Waals surface area contributed by atoms with Crippen molar-refractivity contribution in [1.29, 1.82) is 0 Å². The Balaban J connectivity index is 1.79. The van der Waals surface area contributed by atoms with Crippen LogP contribution in [0.4, 0.5) is 5.82 Å². The Morgan fingerprint density at radius 2 is 1.96 bits per heavy atom. The van der Waals surface area contributed by atoms with Gasteiger partial charge in [0.15, 0.2) is 17.2 Å². The first kappa shape index (κ1) is 16.3. The van der Waals surface area contributed by atoms with Gasteiger partial charge in [-0.25, -0.2) is 9.50 Å². The van der Waals surface area contributed by atoms with Crippen LogP contribution < -0.4 is 5.32 Å². The standard InChI is InChI=1S/C18H13BrN6O/c1-11-17(18(26)22-15-7-4-10-20-23-15)25-16(21-11)9-8-14(24-25)12-5-2-3-6-13(12)19/h2-10H,1H3,(H,22,23,26). The van der Waals surface area contributed by atoms with E-state index >= 15 is 0 Å². The molecule has 1 N–H and O–H groups in total. The zero-order valence-electron chi connectivity index (χ0n) is 13.7. The van der Waals surface area contributed by atoms with Crippen LogP contribution in [0.3, 0.4) is 0 Å². The van der Waals surface area contributed by atoms with Gasteiger partial charge in [0.05, 0.1) is 11.4 Å². The van der Waals surface area contributed by atoms with Crippen LogP contribution in [0.5, 0.6) is 0 Å². The quantitative estimate of drug-likeness (QED) is 0.560. The van der Waals surface area contributed by atoms with Crippen molar-refractivity contribution in [2.45, 2.75) is 6.92 Å². The summed E-state index contributed by atoms with van der Waals surface area (Å²) in [5.41, 5.74) is 3.21. The van der Waals surface area contributed by atoms with Gasteiger partial charge in [0.1, 0.15) is 0 Å². The fourth-order valence-corrected chi connectivity index (χ4v) is 3.15. The van der Waals surface area contributed by atoms with Crippen LogP contribution in [-0.2, 0) is 0 Å². The summed E-state index contributed by atoms with van der Waals surface area (Å²) in [5.74, 6) is 0.0288. The van der Waals surface area contributed by atoms with Gasteiger partial charge in [-0.2, -0.15) is 10.2 Å². The molecule has 0 radical (unpaired) electrons. The Morgan fingerprint density at radius 3 is 2.73 bits per heavy atom. The fourth-order valence-electron chi connectivity index (χ4n) is 2.66. The number of halogens is 1. The van der Waals surface area contributed by atoms with E-state index in [2.05, 4.69) is 41.5 Å². The number of imidazole rings is 1. The number of rotatable bonds is 3. The van der Waals surface area contributed by atoms with Crippen molar-refractivity contribution < 1.29 is 4.79 Å². The molecule has 4 rings (SSSR count). The van der Waals surface area contributed by atoms with Gasteiger partial charge in [-0.15, -0.1) is 5.10 Å². The third kappa shape index (κ3) is 2.95. The Bertz CT molecular complexity index is 1110. The fraction of sp³-hybridized carbons (Fsp3) is 0.0556. The van der Waals surface area contributed by atoms with Gasteiger partial charge < -0.3 is 5.32 Å². The number of anilines is 1. The number of benzene rings is 1. The molecule has 0 aliphatic heterocycles. The van der Waals surface area contributed by atoms with Gasteiger partial charge in [-0.1, -0.05) is 34.1 Å². The van der Waals surface area contributed by atoms with Crippen molar-refractivity contribution >= 4 is 33.3 Å². The van der Waals surface area contributed by atoms with Gasteiger partial charge in [0.25, 0.3) is 5.91 Å². The van der Waals surface area contributed by atoms with Crippen LogP contribution in [0.2, 0.25) is 0 Å². The molecule has 0 unspecified atom stereocenters. The number of fused-ring (bicyclic) bond motifs is 1. The summed E-state index contributed by atoms with van der Waals surface area (Å²) in [4.78, 5) is 17.2. The summed E-state index contributed by atoms with van der Waals surface area (Å²) in [6.07, 6.45) is 1.54. The molecule has 4 aromatic rings. The van der Waals surface area contributed by atoms with E-state index in [1.165, 1.54) is 0 Å². The molecule has 7 nitrogen and oxygen atoms in total. The Morgan fingerprint density at radius 1 is 1.12 bits per heavy atom. The number of hydrogen-bond donors (Lipinski definition) is 1. The Hall–Kier alpha value is -3.13. The van der Waals surface area contributed by atoms with Crippen molar-refractivity contribution in [3.05, 3.63) is 70.6 Å². The molecule has 0 saturated carbocycles. The minimum Gasteiger partial charge on any atom is -0.304 e. The average Bonchev–Trinajstić information content (AvgIpc) is 2.98. The summed E-state index contributed by atoms with van der Waals surface area (Å²) in [6.45, 7) is 1.78. The maximum Gasteiger partial charge on any atom is 0.277 e. The minimum atomic E-state index is -0.340. The molecule has 128 valence electrons. The molecule has 0 bridgehead atoms. The smallest absolute Gasteiger partial charge is 0.277 e. The molecule has 0 aliphatic carbocycles. The van der Waals surface area contributed by atoms with Crippen molar-refractivity contribution in [3.8, 4) is 11.3 Å². The Kier molecular flexibility index (Phi) is 4.18. The highest BCUT2D eigenvalue weighted by Gasteiger charge is 2.19. The van der Waals surface area contributed by atoms with Crippen molar-refractivity contribution in [2.24, 2.45) is 0 Å². The van der Waals surface area contributed by atoms with E-state index in [0.29, 0.717) is 22.9 Å². The molecule has 0 saturated heterocycles. The lowest BCUT2D eigenvalue weighted by Crippen LogP contribution is -2.17.